The number of aromatic nitrogens is 2. The van der Waals surface area contributed by atoms with E-state index in [-0.39, 0.29) is 5.78 Å². The highest BCUT2D eigenvalue weighted by Crippen LogP contribution is 2.25. The molecule has 2 heterocycles. The molecule has 3 rings (SSSR count). The summed E-state index contributed by atoms with van der Waals surface area (Å²) in [5.41, 5.74) is 4.68. The number of hydrogen-bond acceptors (Lipinski definition) is 3. The highest BCUT2D eigenvalue weighted by atomic mass is 35.5. The summed E-state index contributed by atoms with van der Waals surface area (Å²) in [6.45, 7) is 5.52. The van der Waals surface area contributed by atoms with E-state index in [1.165, 1.54) is 5.56 Å². The van der Waals surface area contributed by atoms with Crippen molar-refractivity contribution in [3.63, 3.8) is 0 Å². The number of carbonyl (C=O) groups is 1. The van der Waals surface area contributed by atoms with Crippen LogP contribution >= 0.6 is 11.6 Å². The van der Waals surface area contributed by atoms with Gasteiger partial charge in [0.05, 0.1) is 22.8 Å². The lowest BCUT2D eigenvalue weighted by Crippen LogP contribution is -2.10. The van der Waals surface area contributed by atoms with E-state index in [9.17, 15) is 4.79 Å². The van der Waals surface area contributed by atoms with Gasteiger partial charge in [-0.2, -0.15) is 5.10 Å². The number of carbonyl (C=O) groups excluding carboxylic acids is 1. The Morgan fingerprint density at radius 1 is 1.48 bits per heavy atom. The molecule has 0 spiro atoms. The summed E-state index contributed by atoms with van der Waals surface area (Å²) in [6, 6.07) is 5.86. The Hall–Kier alpha value is -1.81. The fourth-order valence-electron chi connectivity index (χ4n) is 2.77. The molecule has 0 bridgehead atoms. The zero-order valence-corrected chi connectivity index (χ0v) is 13.0. The molecule has 1 aromatic heterocycles. The van der Waals surface area contributed by atoms with Gasteiger partial charge in [0, 0.05) is 24.3 Å². The van der Waals surface area contributed by atoms with E-state index in [2.05, 4.69) is 10.4 Å². The molecule has 1 aliphatic rings. The number of nitrogens with zero attached hydrogens (tertiary/aromatic N) is 2. The average molecular weight is 304 g/mol. The quantitative estimate of drug-likeness (QED) is 0.882. The van der Waals surface area contributed by atoms with Crippen LogP contribution in [-0.4, -0.2) is 22.1 Å². The van der Waals surface area contributed by atoms with Crippen LogP contribution in [0.1, 0.15) is 34.2 Å². The van der Waals surface area contributed by atoms with Crippen molar-refractivity contribution < 1.29 is 4.79 Å². The molecule has 0 saturated carbocycles. The largest absolute Gasteiger partial charge is 0.384 e. The standard InChI is InChI=1S/C16H18ClN3O/c1-3-20-14(16(17)10(2)19-20)9-15(21)12-4-5-13-11(8-12)6-7-18-13/h4-5,8,18H,3,6-7,9H2,1-2H3. The Kier molecular flexibility index (Phi) is 3.72. The number of fused-ring (bicyclic) bond motifs is 1. The maximum absolute atomic E-state index is 12.5. The van der Waals surface area contributed by atoms with Gasteiger partial charge in [0.2, 0.25) is 0 Å². The predicted molar refractivity (Wildman–Crippen MR) is 84.3 cm³/mol. The van der Waals surface area contributed by atoms with Gasteiger partial charge in [0.25, 0.3) is 0 Å². The molecule has 0 radical (unpaired) electrons. The molecule has 1 aromatic carbocycles. The second kappa shape index (κ2) is 5.53. The number of aryl methyl sites for hydroxylation is 2. The zero-order valence-electron chi connectivity index (χ0n) is 12.2. The maximum atomic E-state index is 12.5. The van der Waals surface area contributed by atoms with Gasteiger partial charge < -0.3 is 5.32 Å². The minimum atomic E-state index is 0.0844. The van der Waals surface area contributed by atoms with Crippen molar-refractivity contribution in [1.82, 2.24) is 9.78 Å². The SMILES string of the molecule is CCn1nc(C)c(Cl)c1CC(=O)c1ccc2c(c1)CCN2. The Bertz CT molecular complexity index is 706. The molecular weight excluding hydrogens is 286 g/mol. The van der Waals surface area contributed by atoms with Crippen LogP contribution < -0.4 is 5.32 Å². The predicted octanol–water partition coefficient (Wildman–Crippen LogP) is 3.26. The number of hydrogen-bond donors (Lipinski definition) is 1. The number of nitrogens with one attached hydrogen (secondary N) is 1. The first-order valence-electron chi connectivity index (χ1n) is 7.22. The molecular formula is C16H18ClN3O. The minimum Gasteiger partial charge on any atom is -0.384 e. The van der Waals surface area contributed by atoms with Gasteiger partial charge in [0.1, 0.15) is 0 Å². The minimum absolute atomic E-state index is 0.0844. The summed E-state index contributed by atoms with van der Waals surface area (Å²) >= 11 is 6.27. The molecule has 21 heavy (non-hydrogen) atoms. The summed E-state index contributed by atoms with van der Waals surface area (Å²) in [5, 5.41) is 8.26. The van der Waals surface area contributed by atoms with Gasteiger partial charge >= 0.3 is 0 Å². The molecule has 4 nitrogen and oxygen atoms in total. The molecule has 0 unspecified atom stereocenters. The average Bonchev–Trinajstić information content (AvgIpc) is 3.05. The number of halogens is 1. The van der Waals surface area contributed by atoms with Crippen molar-refractivity contribution in [2.24, 2.45) is 0 Å². The fourth-order valence-corrected chi connectivity index (χ4v) is 2.97. The molecule has 0 saturated heterocycles. The van der Waals surface area contributed by atoms with Gasteiger partial charge in [-0.25, -0.2) is 0 Å². The lowest BCUT2D eigenvalue weighted by atomic mass is 10.0. The topological polar surface area (TPSA) is 46.9 Å². The smallest absolute Gasteiger partial charge is 0.168 e. The molecule has 0 aliphatic carbocycles. The first kappa shape index (κ1) is 14.1. The third kappa shape index (κ3) is 2.56. The maximum Gasteiger partial charge on any atom is 0.168 e. The Balaban J connectivity index is 1.87. The van der Waals surface area contributed by atoms with Crippen LogP contribution in [-0.2, 0) is 19.4 Å². The molecule has 110 valence electrons. The van der Waals surface area contributed by atoms with Crippen LogP contribution in [0.2, 0.25) is 5.02 Å². The lowest BCUT2D eigenvalue weighted by molar-refractivity contribution is 0.0990. The van der Waals surface area contributed by atoms with Crippen LogP contribution in [0.4, 0.5) is 5.69 Å². The third-order valence-corrected chi connectivity index (χ3v) is 4.41. The number of ketones is 1. The molecule has 0 fully saturated rings. The van der Waals surface area contributed by atoms with Crippen LogP contribution in [0.25, 0.3) is 0 Å². The first-order valence-corrected chi connectivity index (χ1v) is 7.59. The van der Waals surface area contributed by atoms with Crippen LogP contribution in [0.5, 0.6) is 0 Å². The molecule has 0 atom stereocenters. The van der Waals surface area contributed by atoms with Crippen molar-refractivity contribution >= 4 is 23.1 Å². The molecule has 2 aromatic rings. The molecule has 5 heteroatoms. The summed E-state index contributed by atoms with van der Waals surface area (Å²) < 4.78 is 1.81. The number of anilines is 1. The first-order chi connectivity index (χ1) is 10.1. The highest BCUT2D eigenvalue weighted by molar-refractivity contribution is 6.32. The summed E-state index contributed by atoms with van der Waals surface area (Å²) in [6.07, 6.45) is 1.27. The molecule has 0 amide bonds. The summed E-state index contributed by atoms with van der Waals surface area (Å²) in [4.78, 5) is 12.5. The molecule has 1 aliphatic heterocycles. The van der Waals surface area contributed by atoms with Crippen molar-refractivity contribution in [3.8, 4) is 0 Å². The second-order valence-electron chi connectivity index (χ2n) is 5.31. The lowest BCUT2D eigenvalue weighted by Gasteiger charge is -2.07. The normalized spacial score (nSPS) is 13.1. The van der Waals surface area contributed by atoms with Gasteiger partial charge in [-0.15, -0.1) is 0 Å². The van der Waals surface area contributed by atoms with E-state index in [0.29, 0.717) is 18.0 Å². The summed E-state index contributed by atoms with van der Waals surface area (Å²) in [7, 11) is 0. The van der Waals surface area contributed by atoms with Crippen molar-refractivity contribution in [2.75, 3.05) is 11.9 Å². The fraction of sp³-hybridized carbons (Fsp3) is 0.375. The van der Waals surface area contributed by atoms with Gasteiger partial charge in [-0.1, -0.05) is 11.6 Å². The van der Waals surface area contributed by atoms with E-state index in [0.717, 1.165) is 35.6 Å². The van der Waals surface area contributed by atoms with Crippen molar-refractivity contribution in [1.29, 1.82) is 0 Å². The number of benzene rings is 1. The van der Waals surface area contributed by atoms with Gasteiger partial charge in [-0.05, 0) is 44.0 Å². The Morgan fingerprint density at radius 3 is 3.05 bits per heavy atom. The van der Waals surface area contributed by atoms with Crippen LogP contribution in [0.3, 0.4) is 0 Å². The monoisotopic (exact) mass is 303 g/mol. The number of rotatable bonds is 4. The second-order valence-corrected chi connectivity index (χ2v) is 5.69. The van der Waals surface area contributed by atoms with E-state index >= 15 is 0 Å². The third-order valence-electron chi connectivity index (χ3n) is 3.92. The van der Waals surface area contributed by atoms with E-state index in [1.54, 1.807) is 0 Å². The van der Waals surface area contributed by atoms with Crippen molar-refractivity contribution in [2.45, 2.75) is 33.2 Å². The van der Waals surface area contributed by atoms with E-state index in [1.807, 2.05) is 36.7 Å². The van der Waals surface area contributed by atoms with E-state index < -0.39 is 0 Å². The number of Topliss-reactive ketones (excluding diaryl/α,β-unsaturated/α-hetero) is 1. The van der Waals surface area contributed by atoms with Crippen molar-refractivity contribution in [3.05, 3.63) is 45.7 Å². The van der Waals surface area contributed by atoms with Gasteiger partial charge in [-0.3, -0.25) is 9.48 Å². The Labute approximate surface area is 129 Å². The van der Waals surface area contributed by atoms with Gasteiger partial charge in [0.15, 0.2) is 5.78 Å². The Morgan fingerprint density at radius 2 is 2.29 bits per heavy atom. The highest BCUT2D eigenvalue weighted by Gasteiger charge is 2.18. The zero-order chi connectivity index (χ0) is 15.0. The molecule has 1 N–H and O–H groups in total. The van der Waals surface area contributed by atoms with Crippen LogP contribution in [0, 0.1) is 6.92 Å². The summed E-state index contributed by atoms with van der Waals surface area (Å²) in [5.74, 6) is 0.0844. The van der Waals surface area contributed by atoms with Crippen LogP contribution in [0.15, 0.2) is 18.2 Å². The van der Waals surface area contributed by atoms with E-state index in [4.69, 9.17) is 11.6 Å².